The molecule has 0 saturated heterocycles. The van der Waals surface area contributed by atoms with Gasteiger partial charge in [0.1, 0.15) is 0 Å². The Morgan fingerprint density at radius 3 is 2.31 bits per heavy atom. The van der Waals surface area contributed by atoms with Crippen LogP contribution in [0, 0.1) is 0 Å². The van der Waals surface area contributed by atoms with E-state index >= 15 is 0 Å². The summed E-state index contributed by atoms with van der Waals surface area (Å²) in [5, 5.41) is 11.9. The van der Waals surface area contributed by atoms with Crippen LogP contribution in [0.3, 0.4) is 0 Å². The molecule has 0 aliphatic rings. The number of carbonyl (C=O) groups is 2. The number of benzene rings is 2. The minimum atomic E-state index is -0.881. The lowest BCUT2D eigenvalue weighted by Gasteiger charge is -2.18. The molecule has 5 heteroatoms. The molecule has 0 saturated carbocycles. The van der Waals surface area contributed by atoms with Crippen LogP contribution in [0.2, 0.25) is 0 Å². The van der Waals surface area contributed by atoms with Gasteiger partial charge in [0.05, 0.1) is 12.2 Å². The first-order valence-electron chi connectivity index (χ1n) is 8.78. The molecule has 2 rings (SSSR count). The second-order valence-corrected chi connectivity index (χ2v) is 6.16. The Kier molecular flexibility index (Phi) is 7.36. The van der Waals surface area contributed by atoms with E-state index in [1.54, 1.807) is 31.2 Å². The zero-order valence-corrected chi connectivity index (χ0v) is 15.1. The summed E-state index contributed by atoms with van der Waals surface area (Å²) in [6, 6.07) is 16.4. The van der Waals surface area contributed by atoms with Crippen LogP contribution in [-0.4, -0.2) is 29.6 Å². The van der Waals surface area contributed by atoms with Crippen molar-refractivity contribution in [3.05, 3.63) is 71.3 Å². The van der Waals surface area contributed by atoms with E-state index in [1.165, 1.54) is 5.56 Å². The van der Waals surface area contributed by atoms with Gasteiger partial charge < -0.3 is 15.2 Å². The SMILES string of the molecule is CC[C@H](CNC(=O)[C@H](C)OC(=O)c1ccc(CO)cc1)c1ccccc1. The van der Waals surface area contributed by atoms with Crippen LogP contribution >= 0.6 is 0 Å². The third-order valence-electron chi connectivity index (χ3n) is 4.31. The van der Waals surface area contributed by atoms with E-state index in [0.29, 0.717) is 17.7 Å². The summed E-state index contributed by atoms with van der Waals surface area (Å²) in [5.41, 5.74) is 2.22. The molecule has 2 atom stereocenters. The van der Waals surface area contributed by atoms with E-state index in [4.69, 9.17) is 9.84 Å². The molecular weight excluding hydrogens is 330 g/mol. The first kappa shape index (κ1) is 19.7. The number of aliphatic hydroxyl groups excluding tert-OH is 1. The van der Waals surface area contributed by atoms with E-state index < -0.39 is 12.1 Å². The van der Waals surface area contributed by atoms with Crippen LogP contribution in [0.4, 0.5) is 0 Å². The number of hydrogen-bond acceptors (Lipinski definition) is 4. The lowest BCUT2D eigenvalue weighted by atomic mass is 9.96. The highest BCUT2D eigenvalue weighted by Gasteiger charge is 2.20. The van der Waals surface area contributed by atoms with Gasteiger partial charge in [0.15, 0.2) is 6.10 Å². The van der Waals surface area contributed by atoms with Crippen molar-refractivity contribution in [2.75, 3.05) is 6.54 Å². The van der Waals surface area contributed by atoms with E-state index in [0.717, 1.165) is 6.42 Å². The van der Waals surface area contributed by atoms with Crippen molar-refractivity contribution < 1.29 is 19.4 Å². The average molecular weight is 355 g/mol. The fourth-order valence-electron chi connectivity index (χ4n) is 2.62. The molecule has 0 aliphatic carbocycles. The molecule has 0 aromatic heterocycles. The maximum absolute atomic E-state index is 12.2. The second-order valence-electron chi connectivity index (χ2n) is 6.16. The molecule has 0 radical (unpaired) electrons. The molecule has 5 nitrogen and oxygen atoms in total. The summed E-state index contributed by atoms with van der Waals surface area (Å²) in [6.45, 7) is 4.03. The van der Waals surface area contributed by atoms with Crippen LogP contribution in [0.25, 0.3) is 0 Å². The van der Waals surface area contributed by atoms with Gasteiger partial charge in [-0.25, -0.2) is 4.79 Å². The number of nitrogens with one attached hydrogen (secondary N) is 1. The third-order valence-corrected chi connectivity index (χ3v) is 4.31. The average Bonchev–Trinajstić information content (AvgIpc) is 2.69. The van der Waals surface area contributed by atoms with Crippen molar-refractivity contribution >= 4 is 11.9 Å². The van der Waals surface area contributed by atoms with Gasteiger partial charge in [-0.2, -0.15) is 0 Å². The summed E-state index contributed by atoms with van der Waals surface area (Å²) in [4.78, 5) is 24.4. The Hall–Kier alpha value is -2.66. The van der Waals surface area contributed by atoms with Gasteiger partial charge in [-0.3, -0.25) is 4.79 Å². The molecule has 0 spiro atoms. The summed E-state index contributed by atoms with van der Waals surface area (Å²) >= 11 is 0. The Labute approximate surface area is 154 Å². The molecule has 2 aromatic carbocycles. The van der Waals surface area contributed by atoms with E-state index in [2.05, 4.69) is 12.2 Å². The van der Waals surface area contributed by atoms with Crippen molar-refractivity contribution in [3.8, 4) is 0 Å². The monoisotopic (exact) mass is 355 g/mol. The highest BCUT2D eigenvalue weighted by molar-refractivity contribution is 5.92. The number of hydrogen-bond donors (Lipinski definition) is 2. The number of esters is 1. The van der Waals surface area contributed by atoms with Crippen molar-refractivity contribution in [1.29, 1.82) is 0 Å². The van der Waals surface area contributed by atoms with E-state index in [-0.39, 0.29) is 18.4 Å². The van der Waals surface area contributed by atoms with Crippen molar-refractivity contribution in [2.45, 2.75) is 38.9 Å². The maximum atomic E-state index is 12.2. The maximum Gasteiger partial charge on any atom is 0.338 e. The zero-order valence-electron chi connectivity index (χ0n) is 15.1. The first-order chi connectivity index (χ1) is 12.5. The summed E-state index contributed by atoms with van der Waals surface area (Å²) in [5.74, 6) is -0.666. The van der Waals surface area contributed by atoms with Crippen LogP contribution < -0.4 is 5.32 Å². The number of aliphatic hydroxyl groups is 1. The Morgan fingerprint density at radius 2 is 1.73 bits per heavy atom. The minimum Gasteiger partial charge on any atom is -0.449 e. The lowest BCUT2D eigenvalue weighted by Crippen LogP contribution is -2.38. The molecule has 0 fully saturated rings. The Balaban J connectivity index is 1.87. The zero-order chi connectivity index (χ0) is 18.9. The first-order valence-corrected chi connectivity index (χ1v) is 8.78. The molecule has 26 heavy (non-hydrogen) atoms. The molecule has 0 bridgehead atoms. The van der Waals surface area contributed by atoms with Gasteiger partial charge in [-0.05, 0) is 36.6 Å². The van der Waals surface area contributed by atoms with Gasteiger partial charge in [0.2, 0.25) is 0 Å². The van der Waals surface area contributed by atoms with E-state index in [1.807, 2.05) is 30.3 Å². The number of amides is 1. The number of carbonyl (C=O) groups excluding carboxylic acids is 2. The summed E-state index contributed by atoms with van der Waals surface area (Å²) in [7, 11) is 0. The van der Waals surface area contributed by atoms with Gasteiger partial charge in [0, 0.05) is 12.5 Å². The van der Waals surface area contributed by atoms with Gasteiger partial charge in [-0.15, -0.1) is 0 Å². The smallest absolute Gasteiger partial charge is 0.338 e. The number of ether oxygens (including phenoxy) is 1. The van der Waals surface area contributed by atoms with Gasteiger partial charge >= 0.3 is 5.97 Å². The topological polar surface area (TPSA) is 75.6 Å². The summed E-state index contributed by atoms with van der Waals surface area (Å²) in [6.07, 6.45) is 0.0173. The fourth-order valence-corrected chi connectivity index (χ4v) is 2.62. The normalized spacial score (nSPS) is 12.9. The van der Waals surface area contributed by atoms with Gasteiger partial charge in [0.25, 0.3) is 5.91 Å². The molecule has 2 N–H and O–H groups in total. The number of rotatable bonds is 8. The van der Waals surface area contributed by atoms with E-state index in [9.17, 15) is 9.59 Å². The standard InChI is InChI=1S/C21H25NO4/c1-3-17(18-7-5-4-6-8-18)13-22-20(24)15(2)26-21(25)19-11-9-16(14-23)10-12-19/h4-12,15,17,23H,3,13-14H2,1-2H3,(H,22,24)/t15-,17+/m0/s1. The van der Waals surface area contributed by atoms with Crippen LogP contribution in [0.15, 0.2) is 54.6 Å². The molecule has 1 amide bonds. The molecule has 0 heterocycles. The Morgan fingerprint density at radius 1 is 1.08 bits per heavy atom. The summed E-state index contributed by atoms with van der Waals surface area (Å²) < 4.78 is 5.23. The van der Waals surface area contributed by atoms with Crippen LogP contribution in [0.5, 0.6) is 0 Å². The van der Waals surface area contributed by atoms with Gasteiger partial charge in [-0.1, -0.05) is 49.4 Å². The minimum absolute atomic E-state index is 0.0891. The quantitative estimate of drug-likeness (QED) is 0.714. The fraction of sp³-hybridized carbons (Fsp3) is 0.333. The Bertz CT molecular complexity index is 713. The predicted octanol–water partition coefficient (Wildman–Crippen LogP) is 3.03. The lowest BCUT2D eigenvalue weighted by molar-refractivity contribution is -0.129. The van der Waals surface area contributed by atoms with Crippen molar-refractivity contribution in [2.24, 2.45) is 0 Å². The molecule has 0 unspecified atom stereocenters. The highest BCUT2D eigenvalue weighted by Crippen LogP contribution is 2.18. The molecule has 2 aromatic rings. The molecule has 138 valence electrons. The third kappa shape index (κ3) is 5.43. The largest absolute Gasteiger partial charge is 0.449 e. The predicted molar refractivity (Wildman–Crippen MR) is 99.7 cm³/mol. The molecule has 0 aliphatic heterocycles. The van der Waals surface area contributed by atoms with Crippen molar-refractivity contribution in [3.63, 3.8) is 0 Å². The van der Waals surface area contributed by atoms with Crippen molar-refractivity contribution in [1.82, 2.24) is 5.32 Å². The molecular formula is C21H25NO4. The van der Waals surface area contributed by atoms with Crippen LogP contribution in [-0.2, 0) is 16.1 Å². The van der Waals surface area contributed by atoms with Crippen LogP contribution in [0.1, 0.15) is 47.7 Å². The second kappa shape index (κ2) is 9.73. The highest BCUT2D eigenvalue weighted by atomic mass is 16.5.